The van der Waals surface area contributed by atoms with Gasteiger partial charge in [-0.15, -0.1) is 0 Å². The van der Waals surface area contributed by atoms with Crippen LogP contribution in [0, 0.1) is 0 Å². The van der Waals surface area contributed by atoms with Crippen molar-refractivity contribution in [2.75, 3.05) is 0 Å². The number of hydrogen-bond acceptors (Lipinski definition) is 2. The second-order valence-electron chi connectivity index (χ2n) is 8.93. The van der Waals surface area contributed by atoms with Crippen LogP contribution in [0.4, 0.5) is 0 Å². The number of fused-ring (bicyclic) bond motifs is 2. The molecule has 138 valence electrons. The summed E-state index contributed by atoms with van der Waals surface area (Å²) in [5.41, 5.74) is 5.87. The van der Waals surface area contributed by atoms with Crippen molar-refractivity contribution in [2.45, 2.75) is 51.4 Å². The molecule has 0 unspecified atom stereocenters. The molecule has 0 saturated carbocycles. The summed E-state index contributed by atoms with van der Waals surface area (Å²) in [5.74, 6) is -0.918. The number of carboxylic acid groups (broad SMARTS) is 1. The van der Waals surface area contributed by atoms with Gasteiger partial charge in [-0.25, -0.2) is 4.79 Å². The van der Waals surface area contributed by atoms with Crippen LogP contribution in [-0.4, -0.2) is 16.1 Å². The van der Waals surface area contributed by atoms with E-state index in [4.69, 9.17) is 0 Å². The van der Waals surface area contributed by atoms with Crippen LogP contribution in [0.2, 0.25) is 0 Å². The summed E-state index contributed by atoms with van der Waals surface area (Å²) in [6, 6.07) is 13.7. The molecule has 0 spiro atoms. The van der Waals surface area contributed by atoms with Crippen molar-refractivity contribution < 1.29 is 9.90 Å². The number of aromatic nitrogens is 1. The monoisotopic (exact) mass is 359 g/mol. The first-order valence-electron chi connectivity index (χ1n) is 9.46. The Morgan fingerprint density at radius 2 is 1.59 bits per heavy atom. The first-order valence-corrected chi connectivity index (χ1v) is 9.46. The number of carbonyl (C=O) groups is 1. The van der Waals surface area contributed by atoms with Gasteiger partial charge >= 0.3 is 5.97 Å². The number of hydrogen-bond donors (Lipinski definition) is 1. The van der Waals surface area contributed by atoms with Gasteiger partial charge in [-0.3, -0.25) is 4.98 Å². The van der Waals surface area contributed by atoms with Gasteiger partial charge in [-0.2, -0.15) is 0 Å². The predicted molar refractivity (Wildman–Crippen MR) is 109 cm³/mol. The van der Waals surface area contributed by atoms with Gasteiger partial charge in [0.05, 0.1) is 11.1 Å². The van der Waals surface area contributed by atoms with E-state index in [-0.39, 0.29) is 10.8 Å². The lowest BCUT2D eigenvalue weighted by Gasteiger charge is -2.42. The molecule has 0 saturated heterocycles. The standard InChI is InChI=1S/C24H25NO2/c1-23(2)9-10-24(3,4)20-13-21-15(12-19(20)23)11-16(14-25-21)17-7-5-6-8-18(17)22(26)27/h5-8,11-14H,9-10H2,1-4H3,(H,26,27). The summed E-state index contributed by atoms with van der Waals surface area (Å²) in [6.07, 6.45) is 4.12. The van der Waals surface area contributed by atoms with Crippen molar-refractivity contribution in [3.63, 3.8) is 0 Å². The minimum Gasteiger partial charge on any atom is -0.478 e. The number of aromatic carboxylic acids is 1. The van der Waals surface area contributed by atoms with Gasteiger partial charge in [0.15, 0.2) is 0 Å². The molecule has 0 bridgehead atoms. The lowest BCUT2D eigenvalue weighted by molar-refractivity contribution is 0.0697. The third kappa shape index (κ3) is 2.91. The largest absolute Gasteiger partial charge is 0.478 e. The van der Waals surface area contributed by atoms with Gasteiger partial charge in [0.2, 0.25) is 0 Å². The Hall–Kier alpha value is -2.68. The quantitative estimate of drug-likeness (QED) is 0.615. The Morgan fingerprint density at radius 1 is 0.963 bits per heavy atom. The molecule has 2 aromatic carbocycles. The van der Waals surface area contributed by atoms with E-state index in [2.05, 4.69) is 50.9 Å². The molecular formula is C24H25NO2. The van der Waals surface area contributed by atoms with Crippen LogP contribution in [0.3, 0.4) is 0 Å². The molecule has 1 heterocycles. The zero-order valence-corrected chi connectivity index (χ0v) is 16.3. The van der Waals surface area contributed by atoms with Crippen LogP contribution in [-0.2, 0) is 10.8 Å². The van der Waals surface area contributed by atoms with E-state index in [0.29, 0.717) is 11.1 Å². The van der Waals surface area contributed by atoms with E-state index in [0.717, 1.165) is 22.9 Å². The molecule has 0 atom stereocenters. The smallest absolute Gasteiger partial charge is 0.336 e. The van der Waals surface area contributed by atoms with Crippen molar-refractivity contribution >= 4 is 16.9 Å². The summed E-state index contributed by atoms with van der Waals surface area (Å²) in [5, 5.41) is 10.6. The van der Waals surface area contributed by atoms with Gasteiger partial charge in [0.25, 0.3) is 0 Å². The second-order valence-corrected chi connectivity index (χ2v) is 8.93. The van der Waals surface area contributed by atoms with Gasteiger partial charge < -0.3 is 5.11 Å². The fourth-order valence-electron chi connectivity index (χ4n) is 4.26. The molecule has 3 nitrogen and oxygen atoms in total. The van der Waals surface area contributed by atoms with E-state index in [1.165, 1.54) is 17.5 Å². The first-order chi connectivity index (χ1) is 12.7. The Morgan fingerprint density at radius 3 is 2.26 bits per heavy atom. The highest BCUT2D eigenvalue weighted by molar-refractivity contribution is 5.97. The van der Waals surface area contributed by atoms with Crippen molar-refractivity contribution in [3.05, 3.63) is 65.4 Å². The third-order valence-corrected chi connectivity index (χ3v) is 6.12. The summed E-state index contributed by atoms with van der Waals surface area (Å²) in [6.45, 7) is 9.24. The maximum Gasteiger partial charge on any atom is 0.336 e. The van der Waals surface area contributed by atoms with Crippen LogP contribution in [0.5, 0.6) is 0 Å². The van der Waals surface area contributed by atoms with Crippen LogP contribution >= 0.6 is 0 Å². The highest BCUT2D eigenvalue weighted by atomic mass is 16.4. The van der Waals surface area contributed by atoms with Crippen molar-refractivity contribution in [1.29, 1.82) is 0 Å². The summed E-state index contributed by atoms with van der Waals surface area (Å²) < 4.78 is 0. The molecule has 0 radical (unpaired) electrons. The molecule has 27 heavy (non-hydrogen) atoms. The zero-order chi connectivity index (χ0) is 19.4. The zero-order valence-electron chi connectivity index (χ0n) is 16.3. The SMILES string of the molecule is CC1(C)CCC(C)(C)c2cc3ncc(-c4ccccc4C(=O)O)cc3cc21. The Labute approximate surface area is 160 Å². The van der Waals surface area contributed by atoms with Crippen molar-refractivity contribution in [1.82, 2.24) is 4.98 Å². The van der Waals surface area contributed by atoms with Gasteiger partial charge in [-0.05, 0) is 64.6 Å². The molecule has 1 aromatic heterocycles. The Kier molecular flexibility index (Phi) is 3.88. The molecule has 0 amide bonds. The minimum atomic E-state index is -0.918. The van der Waals surface area contributed by atoms with Crippen molar-refractivity contribution in [3.8, 4) is 11.1 Å². The molecule has 4 rings (SSSR count). The van der Waals surface area contributed by atoms with Crippen LogP contribution < -0.4 is 0 Å². The van der Waals surface area contributed by atoms with Crippen molar-refractivity contribution in [2.24, 2.45) is 0 Å². The first kappa shape index (κ1) is 17.7. The third-order valence-electron chi connectivity index (χ3n) is 6.12. The molecule has 1 N–H and O–H groups in total. The van der Waals surface area contributed by atoms with Crippen LogP contribution in [0.1, 0.15) is 62.0 Å². The van der Waals surface area contributed by atoms with Gasteiger partial charge in [0.1, 0.15) is 0 Å². The van der Waals surface area contributed by atoms with Crippen LogP contribution in [0.15, 0.2) is 48.7 Å². The summed E-state index contributed by atoms with van der Waals surface area (Å²) in [4.78, 5) is 16.3. The summed E-state index contributed by atoms with van der Waals surface area (Å²) in [7, 11) is 0. The average molecular weight is 359 g/mol. The topological polar surface area (TPSA) is 50.2 Å². The van der Waals surface area contributed by atoms with E-state index in [1.54, 1.807) is 18.3 Å². The van der Waals surface area contributed by atoms with E-state index in [1.807, 2.05) is 12.1 Å². The Balaban J connectivity index is 1.94. The normalized spacial score (nSPS) is 17.5. The van der Waals surface area contributed by atoms with E-state index < -0.39 is 5.97 Å². The number of rotatable bonds is 2. The Bertz CT molecular complexity index is 1060. The fourth-order valence-corrected chi connectivity index (χ4v) is 4.26. The second kappa shape index (κ2) is 5.91. The minimum absolute atomic E-state index is 0.133. The van der Waals surface area contributed by atoms with E-state index in [9.17, 15) is 9.90 Å². The maximum absolute atomic E-state index is 11.6. The molecule has 3 heteroatoms. The lowest BCUT2D eigenvalue weighted by atomic mass is 9.63. The lowest BCUT2D eigenvalue weighted by Crippen LogP contribution is -2.33. The molecule has 1 aliphatic carbocycles. The molecule has 1 aliphatic rings. The van der Waals surface area contributed by atoms with Crippen LogP contribution in [0.25, 0.3) is 22.0 Å². The fraction of sp³-hybridized carbons (Fsp3) is 0.333. The number of nitrogens with zero attached hydrogens (tertiary/aromatic N) is 1. The number of carboxylic acids is 1. The molecular weight excluding hydrogens is 334 g/mol. The summed E-state index contributed by atoms with van der Waals surface area (Å²) >= 11 is 0. The highest BCUT2D eigenvalue weighted by Crippen LogP contribution is 2.47. The van der Waals surface area contributed by atoms with E-state index >= 15 is 0 Å². The maximum atomic E-state index is 11.6. The number of benzene rings is 2. The predicted octanol–water partition coefficient (Wildman–Crippen LogP) is 5.95. The molecule has 3 aromatic rings. The molecule has 0 aliphatic heterocycles. The highest BCUT2D eigenvalue weighted by Gasteiger charge is 2.37. The average Bonchev–Trinajstić information content (AvgIpc) is 2.64. The van der Waals surface area contributed by atoms with Gasteiger partial charge in [0, 0.05) is 17.1 Å². The molecule has 0 fully saturated rings. The number of pyridine rings is 1. The van der Waals surface area contributed by atoms with Gasteiger partial charge in [-0.1, -0.05) is 45.9 Å².